The fourth-order valence-electron chi connectivity index (χ4n) is 3.72. The van der Waals surface area contributed by atoms with Gasteiger partial charge in [0, 0.05) is 48.9 Å². The Morgan fingerprint density at radius 1 is 1.05 bits per heavy atom. The van der Waals surface area contributed by atoms with E-state index in [9.17, 15) is 4.39 Å². The molecule has 2 heterocycles. The third kappa shape index (κ3) is 8.47. The maximum atomic E-state index is 14.5. The Morgan fingerprint density at radius 2 is 1.73 bits per heavy atom. The number of aromatic nitrogens is 3. The Hall–Kier alpha value is -3.56. The monoisotopic (exact) mass is 573 g/mol. The molecule has 220 valence electrons. The van der Waals surface area contributed by atoms with E-state index < -0.39 is 0 Å². The molecular weight excluding hydrogens is 529 g/mol. The first kappa shape index (κ1) is 34.5. The lowest BCUT2D eigenvalue weighted by molar-refractivity contribution is 0.413. The number of aromatic amines is 1. The van der Waals surface area contributed by atoms with Crippen LogP contribution in [0.1, 0.15) is 41.5 Å². The number of nitrogens with one attached hydrogen (secondary N) is 2. The minimum absolute atomic E-state index is 0.275. The summed E-state index contributed by atoms with van der Waals surface area (Å²) in [5.74, 6) is 0.497. The van der Waals surface area contributed by atoms with E-state index in [4.69, 9.17) is 22.1 Å². The van der Waals surface area contributed by atoms with Crippen LogP contribution in [0, 0.1) is 5.82 Å². The van der Waals surface area contributed by atoms with Gasteiger partial charge in [0.1, 0.15) is 11.6 Å². The lowest BCUT2D eigenvalue weighted by Crippen LogP contribution is -2.29. The number of anilines is 4. The smallest absolute Gasteiger partial charge is 0.227 e. The molecule has 2 aromatic carbocycles. The van der Waals surface area contributed by atoms with Gasteiger partial charge in [0.2, 0.25) is 5.95 Å². The SMILES string of the molecule is CC.CC.CC.COc1cc(N(C)CCN(C)C)c(N)cc1Nc1ncc(Cl)c(-c2c[nH]c3cccc(F)c23)n1. The molecule has 0 atom stereocenters. The van der Waals surface area contributed by atoms with Gasteiger partial charge in [-0.3, -0.25) is 0 Å². The number of halogens is 2. The van der Waals surface area contributed by atoms with Crippen LogP contribution < -0.4 is 20.7 Å². The van der Waals surface area contributed by atoms with Crippen molar-refractivity contribution in [3.05, 3.63) is 53.6 Å². The van der Waals surface area contributed by atoms with E-state index >= 15 is 0 Å². The van der Waals surface area contributed by atoms with Gasteiger partial charge in [-0.05, 0) is 32.3 Å². The third-order valence-corrected chi connectivity index (χ3v) is 5.82. The highest BCUT2D eigenvalue weighted by Gasteiger charge is 2.17. The van der Waals surface area contributed by atoms with Crippen LogP contribution in [0.15, 0.2) is 42.7 Å². The molecule has 0 saturated heterocycles. The molecule has 2 aromatic heterocycles. The van der Waals surface area contributed by atoms with Crippen molar-refractivity contribution >= 4 is 45.5 Å². The fraction of sp³-hybridized carbons (Fsp3) is 0.400. The second kappa shape index (κ2) is 17.2. The van der Waals surface area contributed by atoms with Crippen LogP contribution in [0.25, 0.3) is 22.2 Å². The van der Waals surface area contributed by atoms with Gasteiger partial charge in [-0.25, -0.2) is 14.4 Å². The van der Waals surface area contributed by atoms with Gasteiger partial charge in [0.05, 0.1) is 41.1 Å². The number of nitrogens with two attached hydrogens (primary N) is 1. The average molecular weight is 574 g/mol. The molecule has 10 heteroatoms. The summed E-state index contributed by atoms with van der Waals surface area (Å²) in [6.07, 6.45) is 3.16. The number of nitrogen functional groups attached to an aromatic ring is 1. The largest absolute Gasteiger partial charge is 0.494 e. The molecule has 0 bridgehead atoms. The number of rotatable bonds is 8. The molecule has 0 aliphatic rings. The topological polar surface area (TPSA) is 95.3 Å². The van der Waals surface area contributed by atoms with Crippen molar-refractivity contribution in [2.75, 3.05) is 57.3 Å². The lowest BCUT2D eigenvalue weighted by Gasteiger charge is -2.24. The van der Waals surface area contributed by atoms with Crippen LogP contribution in [0.2, 0.25) is 5.02 Å². The normalized spacial score (nSPS) is 10.0. The maximum absolute atomic E-state index is 14.5. The summed E-state index contributed by atoms with van der Waals surface area (Å²) in [4.78, 5) is 16.1. The standard InChI is InChI=1S/C24H27ClFN7O.3C2H6/c1-32(2)8-9-33(3)20-11-21(34-4)19(10-17(20)27)30-24-29-13-15(25)23(31-24)14-12-28-18-7-5-6-16(26)22(14)18;3*1-2/h5-7,10-13,28H,8-9,27H2,1-4H3,(H,29,30,31);3*1-2H3. The molecule has 40 heavy (non-hydrogen) atoms. The summed E-state index contributed by atoms with van der Waals surface area (Å²) < 4.78 is 20.1. The van der Waals surface area contributed by atoms with E-state index in [1.54, 1.807) is 31.5 Å². The summed E-state index contributed by atoms with van der Waals surface area (Å²) in [7, 11) is 7.62. The Kier molecular flexibility index (Phi) is 14.8. The van der Waals surface area contributed by atoms with E-state index in [2.05, 4.69) is 30.1 Å². The number of methoxy groups -OCH3 is 1. The highest BCUT2D eigenvalue weighted by Crippen LogP contribution is 2.38. The van der Waals surface area contributed by atoms with Crippen molar-refractivity contribution < 1.29 is 9.13 Å². The number of hydrogen-bond acceptors (Lipinski definition) is 7. The molecular formula is C30H45ClFN7O. The first-order chi connectivity index (χ1) is 19.3. The van der Waals surface area contributed by atoms with E-state index in [0.29, 0.717) is 44.3 Å². The number of benzene rings is 2. The van der Waals surface area contributed by atoms with Crippen LogP contribution in [-0.4, -0.2) is 61.2 Å². The van der Waals surface area contributed by atoms with Gasteiger partial charge in [-0.15, -0.1) is 0 Å². The molecule has 0 amide bonds. The molecule has 0 unspecified atom stereocenters. The Labute approximate surface area is 243 Å². The molecule has 8 nitrogen and oxygen atoms in total. The van der Waals surface area contributed by atoms with E-state index in [1.165, 1.54) is 12.3 Å². The second-order valence-electron chi connectivity index (χ2n) is 8.22. The first-order valence-corrected chi connectivity index (χ1v) is 14.0. The number of fused-ring (bicyclic) bond motifs is 1. The number of nitrogens with zero attached hydrogens (tertiary/aromatic N) is 4. The Bertz CT molecular complexity index is 1330. The van der Waals surface area contributed by atoms with Crippen molar-refractivity contribution in [1.82, 2.24) is 19.9 Å². The van der Waals surface area contributed by atoms with Crippen molar-refractivity contribution in [1.29, 1.82) is 0 Å². The van der Waals surface area contributed by atoms with E-state index in [0.717, 1.165) is 18.8 Å². The van der Waals surface area contributed by atoms with Crippen LogP contribution in [0.3, 0.4) is 0 Å². The molecule has 0 saturated carbocycles. The van der Waals surface area contributed by atoms with Crippen LogP contribution in [-0.2, 0) is 0 Å². The summed E-state index contributed by atoms with van der Waals surface area (Å²) >= 11 is 6.39. The van der Waals surface area contributed by atoms with Crippen LogP contribution in [0.5, 0.6) is 5.75 Å². The lowest BCUT2D eigenvalue weighted by atomic mass is 10.1. The minimum atomic E-state index is -0.360. The number of H-pyrrole nitrogens is 1. The van der Waals surface area contributed by atoms with Crippen molar-refractivity contribution in [3.8, 4) is 17.0 Å². The predicted octanol–water partition coefficient (Wildman–Crippen LogP) is 7.83. The second-order valence-corrected chi connectivity index (χ2v) is 8.62. The predicted molar refractivity (Wildman–Crippen MR) is 171 cm³/mol. The van der Waals surface area contributed by atoms with Gasteiger partial charge < -0.3 is 30.6 Å². The summed E-state index contributed by atoms with van der Waals surface area (Å²) in [6, 6.07) is 8.49. The van der Waals surface area contributed by atoms with E-state index in [1.807, 2.05) is 68.8 Å². The zero-order chi connectivity index (χ0) is 30.4. The average Bonchev–Trinajstić information content (AvgIpc) is 3.41. The van der Waals surface area contributed by atoms with Gasteiger partial charge in [-0.1, -0.05) is 59.2 Å². The fourth-order valence-corrected chi connectivity index (χ4v) is 3.91. The third-order valence-electron chi connectivity index (χ3n) is 5.54. The molecule has 0 aliphatic carbocycles. The number of hydrogen-bond donors (Lipinski definition) is 3. The molecule has 0 radical (unpaired) electrons. The zero-order valence-corrected chi connectivity index (χ0v) is 26.2. The molecule has 4 rings (SSSR count). The zero-order valence-electron chi connectivity index (χ0n) is 25.5. The first-order valence-electron chi connectivity index (χ1n) is 13.7. The molecule has 0 fully saturated rings. The van der Waals surface area contributed by atoms with Crippen molar-refractivity contribution in [2.45, 2.75) is 41.5 Å². The molecule has 4 aromatic rings. The van der Waals surface area contributed by atoms with Crippen LogP contribution >= 0.6 is 11.6 Å². The molecule has 4 N–H and O–H groups in total. The molecule has 0 aliphatic heterocycles. The molecule has 0 spiro atoms. The maximum Gasteiger partial charge on any atom is 0.227 e. The Balaban J connectivity index is 0.00000125. The summed E-state index contributed by atoms with van der Waals surface area (Å²) in [5.41, 5.74) is 10.0. The Morgan fingerprint density at radius 3 is 2.35 bits per heavy atom. The highest BCUT2D eigenvalue weighted by molar-refractivity contribution is 6.33. The summed E-state index contributed by atoms with van der Waals surface area (Å²) in [5, 5.41) is 3.88. The highest BCUT2D eigenvalue weighted by atomic mass is 35.5. The van der Waals surface area contributed by atoms with Gasteiger partial charge >= 0.3 is 0 Å². The number of likely N-dealkylation sites (N-methyl/N-ethyl adjacent to an activating group) is 2. The van der Waals surface area contributed by atoms with Crippen molar-refractivity contribution in [3.63, 3.8) is 0 Å². The summed E-state index contributed by atoms with van der Waals surface area (Å²) in [6.45, 7) is 13.7. The van der Waals surface area contributed by atoms with E-state index in [-0.39, 0.29) is 11.8 Å². The van der Waals surface area contributed by atoms with Gasteiger partial charge in [-0.2, -0.15) is 0 Å². The van der Waals surface area contributed by atoms with Gasteiger partial charge in [0.15, 0.2) is 0 Å². The van der Waals surface area contributed by atoms with Crippen LogP contribution in [0.4, 0.5) is 27.4 Å². The minimum Gasteiger partial charge on any atom is -0.494 e. The number of ether oxygens (including phenoxy) is 1. The quantitative estimate of drug-likeness (QED) is 0.185. The van der Waals surface area contributed by atoms with Crippen molar-refractivity contribution in [2.24, 2.45) is 0 Å². The van der Waals surface area contributed by atoms with Gasteiger partial charge in [0.25, 0.3) is 0 Å².